The second-order valence-corrected chi connectivity index (χ2v) is 9.38. The van der Waals surface area contributed by atoms with Crippen molar-refractivity contribution in [2.24, 2.45) is 5.92 Å². The second-order valence-electron chi connectivity index (χ2n) is 9.38. The van der Waals surface area contributed by atoms with E-state index in [1.165, 1.54) is 0 Å². The predicted octanol–water partition coefficient (Wildman–Crippen LogP) is 3.81. The number of carbonyl (C=O) groups is 1. The Hall–Kier alpha value is -3.32. The first-order valence-corrected chi connectivity index (χ1v) is 12.5. The summed E-state index contributed by atoms with van der Waals surface area (Å²) in [5.41, 5.74) is 2.54. The molecular formula is C28H33N3O4. The van der Waals surface area contributed by atoms with Gasteiger partial charge in [0.15, 0.2) is 0 Å². The largest absolute Gasteiger partial charge is 0.492 e. The molecule has 0 spiro atoms. The molecule has 1 fully saturated rings. The highest BCUT2D eigenvalue weighted by Crippen LogP contribution is 2.29. The zero-order valence-corrected chi connectivity index (χ0v) is 20.3. The van der Waals surface area contributed by atoms with E-state index in [1.807, 2.05) is 70.2 Å². The topological polar surface area (TPSA) is 65.7 Å². The molecule has 1 amide bonds. The van der Waals surface area contributed by atoms with Crippen molar-refractivity contribution >= 4 is 5.91 Å². The molecule has 1 aliphatic heterocycles. The maximum atomic E-state index is 13.5. The lowest BCUT2D eigenvalue weighted by Gasteiger charge is -2.34. The average molecular weight is 476 g/mol. The molecule has 7 nitrogen and oxygen atoms in total. The van der Waals surface area contributed by atoms with E-state index in [-0.39, 0.29) is 23.5 Å². The lowest BCUT2D eigenvalue weighted by molar-refractivity contribution is -0.138. The highest BCUT2D eigenvalue weighted by atomic mass is 16.5. The molecule has 1 aromatic heterocycles. The number of methoxy groups -OCH3 is 1. The minimum Gasteiger partial charge on any atom is -0.492 e. The zero-order chi connectivity index (χ0) is 24.2. The summed E-state index contributed by atoms with van der Waals surface area (Å²) in [5, 5.41) is 0. The molecule has 0 unspecified atom stereocenters. The third-order valence-electron chi connectivity index (χ3n) is 7.31. The number of fused-ring (bicyclic) bond motifs is 1. The van der Waals surface area contributed by atoms with Crippen LogP contribution in [0.25, 0.3) is 5.69 Å². The molecule has 7 heteroatoms. The fourth-order valence-corrected chi connectivity index (χ4v) is 5.39. The van der Waals surface area contributed by atoms with Gasteiger partial charge in [-0.2, -0.15) is 0 Å². The van der Waals surface area contributed by atoms with Crippen LogP contribution in [0, 0.1) is 5.92 Å². The number of hydrogen-bond acceptors (Lipinski definition) is 4. The molecule has 3 aromatic rings. The van der Waals surface area contributed by atoms with E-state index < -0.39 is 0 Å². The third kappa shape index (κ3) is 4.91. The molecule has 5 rings (SSSR count). The standard InChI is InChI=1S/C28H33N3O4/c1-34-23-14-12-21(13-15-23)27(32)29-17-16-25-26(20-29)30(18-19-35-24-10-6-3-7-11-24)31(28(25)33)22-8-4-2-5-9-22/h2-11,21,23H,12-20H2,1H3. The van der Waals surface area contributed by atoms with Crippen LogP contribution in [-0.4, -0.2) is 46.5 Å². The van der Waals surface area contributed by atoms with Crippen LogP contribution in [0.4, 0.5) is 0 Å². The van der Waals surface area contributed by atoms with E-state index in [1.54, 1.807) is 11.8 Å². The lowest BCUT2D eigenvalue weighted by atomic mass is 9.86. The first kappa shape index (κ1) is 23.4. The number of carbonyl (C=O) groups excluding carboxylic acids is 1. The Morgan fingerprint density at radius 3 is 2.34 bits per heavy atom. The minimum absolute atomic E-state index is 0.00128. The molecule has 184 valence electrons. The number of nitrogens with zero attached hydrogens (tertiary/aromatic N) is 3. The van der Waals surface area contributed by atoms with Gasteiger partial charge in [0.05, 0.1) is 30.6 Å². The number of benzene rings is 2. The van der Waals surface area contributed by atoms with E-state index >= 15 is 0 Å². The van der Waals surface area contributed by atoms with Gasteiger partial charge in [-0.25, -0.2) is 4.68 Å². The smallest absolute Gasteiger partial charge is 0.274 e. The maximum Gasteiger partial charge on any atom is 0.274 e. The lowest BCUT2D eigenvalue weighted by Crippen LogP contribution is -2.42. The molecule has 0 bridgehead atoms. The summed E-state index contributed by atoms with van der Waals surface area (Å²) < 4.78 is 15.2. The average Bonchev–Trinajstić information content (AvgIpc) is 3.20. The first-order valence-electron chi connectivity index (χ1n) is 12.5. The van der Waals surface area contributed by atoms with Crippen LogP contribution < -0.4 is 10.3 Å². The molecule has 2 heterocycles. The van der Waals surface area contributed by atoms with Crippen molar-refractivity contribution < 1.29 is 14.3 Å². The number of amides is 1. The Balaban J connectivity index is 1.40. The van der Waals surface area contributed by atoms with Gasteiger partial charge in [0.1, 0.15) is 12.4 Å². The van der Waals surface area contributed by atoms with Crippen molar-refractivity contribution in [3.8, 4) is 11.4 Å². The summed E-state index contributed by atoms with van der Waals surface area (Å²) in [5.74, 6) is 1.04. The van der Waals surface area contributed by atoms with E-state index in [0.717, 1.165) is 48.4 Å². The molecule has 35 heavy (non-hydrogen) atoms. The number of para-hydroxylation sites is 2. The predicted molar refractivity (Wildman–Crippen MR) is 134 cm³/mol. The van der Waals surface area contributed by atoms with Crippen molar-refractivity contribution in [3.63, 3.8) is 0 Å². The number of aromatic nitrogens is 2. The van der Waals surface area contributed by atoms with Crippen molar-refractivity contribution in [2.75, 3.05) is 20.3 Å². The fraction of sp³-hybridized carbons (Fsp3) is 0.429. The van der Waals surface area contributed by atoms with Crippen LogP contribution in [0.1, 0.15) is 36.9 Å². The van der Waals surface area contributed by atoms with Gasteiger partial charge in [-0.1, -0.05) is 36.4 Å². The molecule has 2 aliphatic rings. The van der Waals surface area contributed by atoms with Crippen LogP contribution >= 0.6 is 0 Å². The van der Waals surface area contributed by atoms with Crippen molar-refractivity contribution in [1.29, 1.82) is 0 Å². The van der Waals surface area contributed by atoms with Crippen molar-refractivity contribution in [1.82, 2.24) is 14.3 Å². The molecule has 1 aliphatic carbocycles. The van der Waals surface area contributed by atoms with Gasteiger partial charge in [0.2, 0.25) is 5.91 Å². The Labute approximate surface area is 205 Å². The SMILES string of the molecule is COC1CCC(C(=O)N2CCc3c(n(CCOc4ccccc4)n(-c4ccccc4)c3=O)C2)CC1. The quantitative estimate of drug-likeness (QED) is 0.521. The molecule has 0 N–H and O–H groups in total. The summed E-state index contributed by atoms with van der Waals surface area (Å²) >= 11 is 0. The van der Waals surface area contributed by atoms with Crippen molar-refractivity contribution in [2.45, 2.75) is 51.3 Å². The van der Waals surface area contributed by atoms with Gasteiger partial charge in [-0.3, -0.25) is 14.3 Å². The van der Waals surface area contributed by atoms with Gasteiger partial charge in [0.25, 0.3) is 5.56 Å². The van der Waals surface area contributed by atoms with Crippen LogP contribution in [0.5, 0.6) is 5.75 Å². The van der Waals surface area contributed by atoms with Crippen LogP contribution in [0.15, 0.2) is 65.5 Å². The number of hydrogen-bond donors (Lipinski definition) is 0. The van der Waals surface area contributed by atoms with Crippen LogP contribution in [0.3, 0.4) is 0 Å². The minimum atomic E-state index is -0.00128. The Morgan fingerprint density at radius 1 is 0.971 bits per heavy atom. The summed E-state index contributed by atoms with van der Waals surface area (Å²) in [6.45, 7) is 1.98. The molecule has 0 saturated heterocycles. The molecule has 2 aromatic carbocycles. The molecule has 0 radical (unpaired) electrons. The summed E-state index contributed by atoms with van der Waals surface area (Å²) in [6, 6.07) is 19.4. The summed E-state index contributed by atoms with van der Waals surface area (Å²) in [7, 11) is 1.75. The monoisotopic (exact) mass is 475 g/mol. The molecular weight excluding hydrogens is 442 g/mol. The molecule has 1 saturated carbocycles. The van der Waals surface area contributed by atoms with E-state index in [2.05, 4.69) is 0 Å². The maximum absolute atomic E-state index is 13.5. The summed E-state index contributed by atoms with van der Waals surface area (Å²) in [4.78, 5) is 28.8. The molecule has 0 atom stereocenters. The van der Waals surface area contributed by atoms with E-state index in [0.29, 0.717) is 32.7 Å². The van der Waals surface area contributed by atoms with Gasteiger partial charge >= 0.3 is 0 Å². The Kier molecular flexibility index (Phi) is 7.04. The Bertz CT molecular complexity index is 1190. The third-order valence-corrected chi connectivity index (χ3v) is 7.31. The van der Waals surface area contributed by atoms with Gasteiger partial charge in [-0.05, 0) is 56.4 Å². The van der Waals surface area contributed by atoms with E-state index in [9.17, 15) is 9.59 Å². The normalized spacial score (nSPS) is 19.9. The van der Waals surface area contributed by atoms with E-state index in [4.69, 9.17) is 9.47 Å². The Morgan fingerprint density at radius 2 is 1.66 bits per heavy atom. The number of ether oxygens (including phenoxy) is 2. The van der Waals surface area contributed by atoms with Gasteiger partial charge < -0.3 is 14.4 Å². The van der Waals surface area contributed by atoms with Crippen LogP contribution in [0.2, 0.25) is 0 Å². The first-order chi connectivity index (χ1) is 17.2. The number of rotatable bonds is 7. The second kappa shape index (κ2) is 10.5. The fourth-order valence-electron chi connectivity index (χ4n) is 5.39. The highest BCUT2D eigenvalue weighted by Gasteiger charge is 2.34. The van der Waals surface area contributed by atoms with Gasteiger partial charge in [-0.15, -0.1) is 0 Å². The summed E-state index contributed by atoms with van der Waals surface area (Å²) in [6.07, 6.45) is 4.43. The van der Waals surface area contributed by atoms with Crippen molar-refractivity contribution in [3.05, 3.63) is 82.3 Å². The van der Waals surface area contributed by atoms with Crippen LogP contribution in [-0.2, 0) is 29.0 Å². The van der Waals surface area contributed by atoms with Gasteiger partial charge in [0, 0.05) is 25.1 Å². The zero-order valence-electron chi connectivity index (χ0n) is 20.3. The highest BCUT2D eigenvalue weighted by molar-refractivity contribution is 5.79.